The van der Waals surface area contributed by atoms with Crippen LogP contribution in [0.4, 0.5) is 0 Å². The predicted molar refractivity (Wildman–Crippen MR) is 153 cm³/mol. The molecule has 0 unspecified atom stereocenters. The highest BCUT2D eigenvalue weighted by atomic mass is 79.9. The first kappa shape index (κ1) is 24.7. The Hall–Kier alpha value is -3.62. The van der Waals surface area contributed by atoms with E-state index in [4.69, 9.17) is 19.2 Å². The number of nitrogens with zero attached hydrogens (tertiary/aromatic N) is 2. The van der Waals surface area contributed by atoms with Crippen LogP contribution in [0.2, 0.25) is 0 Å². The van der Waals surface area contributed by atoms with Gasteiger partial charge in [-0.2, -0.15) is 0 Å². The maximum absolute atomic E-state index is 14.0. The number of para-hydroxylation sites is 1. The second-order valence-corrected chi connectivity index (χ2v) is 11.0. The summed E-state index contributed by atoms with van der Waals surface area (Å²) in [5.41, 5.74) is 6.21. The van der Waals surface area contributed by atoms with E-state index in [1.165, 1.54) is 16.9 Å². The number of allylic oxidation sites excluding steroid dienone is 1. The van der Waals surface area contributed by atoms with Crippen LogP contribution in [0.1, 0.15) is 34.7 Å². The summed E-state index contributed by atoms with van der Waals surface area (Å²) < 4.78 is 19.9. The number of hydrogen-bond donors (Lipinski definition) is 0. The third-order valence-electron chi connectivity index (χ3n) is 7.06. The van der Waals surface area contributed by atoms with Crippen LogP contribution in [0.5, 0.6) is 17.2 Å². The quantitative estimate of drug-likeness (QED) is 0.325. The lowest BCUT2D eigenvalue weighted by Crippen LogP contribution is -2.39. The second-order valence-electron chi connectivity index (χ2n) is 9.09. The number of thiazole rings is 1. The molecule has 6 rings (SSSR count). The number of ether oxygens (including phenoxy) is 3. The van der Waals surface area contributed by atoms with Gasteiger partial charge in [-0.15, -0.1) is 0 Å². The molecule has 2 heterocycles. The molecule has 0 bridgehead atoms. The van der Waals surface area contributed by atoms with Gasteiger partial charge in [0, 0.05) is 11.1 Å². The Bertz CT molecular complexity index is 1790. The summed E-state index contributed by atoms with van der Waals surface area (Å²) in [6, 6.07) is 19.8. The Labute approximate surface area is 232 Å². The first-order valence-electron chi connectivity index (χ1n) is 12.2. The molecule has 0 spiro atoms. The maximum Gasteiger partial charge on any atom is 0.271 e. The predicted octanol–water partition coefficient (Wildman–Crippen LogP) is 5.11. The second kappa shape index (κ2) is 9.93. The van der Waals surface area contributed by atoms with E-state index in [9.17, 15) is 4.79 Å². The molecule has 38 heavy (non-hydrogen) atoms. The van der Waals surface area contributed by atoms with Crippen molar-refractivity contribution < 1.29 is 14.2 Å². The van der Waals surface area contributed by atoms with Crippen molar-refractivity contribution in [1.82, 2.24) is 4.57 Å². The van der Waals surface area contributed by atoms with E-state index in [-0.39, 0.29) is 11.6 Å². The van der Waals surface area contributed by atoms with Crippen molar-refractivity contribution in [2.24, 2.45) is 4.99 Å². The number of halogens is 1. The Kier molecular flexibility index (Phi) is 6.45. The number of fused-ring (bicyclic) bond motifs is 3. The van der Waals surface area contributed by atoms with Crippen molar-refractivity contribution >= 4 is 39.0 Å². The molecule has 1 aromatic heterocycles. The lowest BCUT2D eigenvalue weighted by molar-refractivity contribution is 0.353. The van der Waals surface area contributed by atoms with E-state index >= 15 is 0 Å². The average Bonchev–Trinajstić information content (AvgIpc) is 3.25. The lowest BCUT2D eigenvalue weighted by Gasteiger charge is -2.31. The van der Waals surface area contributed by atoms with Crippen molar-refractivity contribution in [2.75, 3.05) is 21.3 Å². The van der Waals surface area contributed by atoms with Crippen molar-refractivity contribution in [2.45, 2.75) is 18.9 Å². The molecule has 0 saturated heterocycles. The van der Waals surface area contributed by atoms with Crippen LogP contribution >= 0.6 is 27.3 Å². The molecule has 3 aromatic carbocycles. The monoisotopic (exact) mass is 588 g/mol. The van der Waals surface area contributed by atoms with Gasteiger partial charge in [0.15, 0.2) is 16.3 Å². The van der Waals surface area contributed by atoms with Gasteiger partial charge in [-0.25, -0.2) is 4.99 Å². The van der Waals surface area contributed by atoms with E-state index in [1.807, 2.05) is 53.1 Å². The zero-order valence-electron chi connectivity index (χ0n) is 21.2. The van der Waals surface area contributed by atoms with E-state index in [1.54, 1.807) is 21.3 Å². The first-order valence-corrected chi connectivity index (χ1v) is 13.8. The minimum absolute atomic E-state index is 0.0824. The molecule has 1 aliphatic carbocycles. The fraction of sp³-hybridized carbons (Fsp3) is 0.200. The van der Waals surface area contributed by atoms with Crippen LogP contribution < -0.4 is 29.1 Å². The number of aryl methyl sites for hydroxylation is 1. The zero-order valence-corrected chi connectivity index (χ0v) is 23.6. The molecule has 192 valence electrons. The molecule has 8 heteroatoms. The number of methoxy groups -OCH3 is 3. The molecule has 1 aliphatic heterocycles. The largest absolute Gasteiger partial charge is 0.496 e. The number of benzene rings is 3. The molecule has 0 amide bonds. The molecule has 6 nitrogen and oxygen atoms in total. The standard InChI is InChI=1S/C30H25BrN2O4S/c1-35-23-11-7-6-10-20(23)27-21-13-12-18-8-4-5-9-19(18)26(21)32-30-33(27)29(34)25(38-30)16-17-14-22(31)28(37-3)24(15-17)36-2/h4-11,14-16,27H,12-13H2,1-3H3/b25-16+/t27-/m0/s1. The molecule has 4 aromatic rings. The maximum atomic E-state index is 14.0. The van der Waals surface area contributed by atoms with Gasteiger partial charge >= 0.3 is 0 Å². The van der Waals surface area contributed by atoms with E-state index < -0.39 is 0 Å². The smallest absolute Gasteiger partial charge is 0.271 e. The fourth-order valence-corrected chi connectivity index (χ4v) is 6.99. The molecular weight excluding hydrogens is 564 g/mol. The molecule has 2 aliphatic rings. The van der Waals surface area contributed by atoms with Crippen LogP contribution in [-0.4, -0.2) is 25.9 Å². The highest BCUT2D eigenvalue weighted by molar-refractivity contribution is 9.10. The summed E-state index contributed by atoms with van der Waals surface area (Å²) in [5.74, 6) is 1.94. The van der Waals surface area contributed by atoms with E-state index in [0.29, 0.717) is 20.8 Å². The molecule has 0 fully saturated rings. The number of rotatable bonds is 5. The third kappa shape index (κ3) is 3.99. The zero-order chi connectivity index (χ0) is 26.4. The highest BCUT2D eigenvalue weighted by Gasteiger charge is 2.34. The number of hydrogen-bond acceptors (Lipinski definition) is 6. The Morgan fingerprint density at radius 2 is 1.74 bits per heavy atom. The van der Waals surface area contributed by atoms with Crippen LogP contribution in [0.3, 0.4) is 0 Å². The van der Waals surface area contributed by atoms with Crippen molar-refractivity contribution in [1.29, 1.82) is 0 Å². The summed E-state index contributed by atoms with van der Waals surface area (Å²) in [6.07, 6.45) is 3.61. The third-order valence-corrected chi connectivity index (χ3v) is 8.63. The van der Waals surface area contributed by atoms with Gasteiger partial charge in [0.1, 0.15) is 5.75 Å². The van der Waals surface area contributed by atoms with Gasteiger partial charge in [-0.05, 0) is 69.7 Å². The van der Waals surface area contributed by atoms with Crippen LogP contribution in [-0.2, 0) is 6.42 Å². The fourth-order valence-electron chi connectivity index (χ4n) is 5.36. The normalized spacial score (nSPS) is 16.3. The van der Waals surface area contributed by atoms with Gasteiger partial charge < -0.3 is 14.2 Å². The average molecular weight is 590 g/mol. The number of aromatic nitrogens is 1. The summed E-state index contributed by atoms with van der Waals surface area (Å²) in [7, 11) is 4.86. The van der Waals surface area contributed by atoms with Crippen LogP contribution in [0.15, 0.2) is 80.5 Å². The molecule has 0 radical (unpaired) electrons. The minimum atomic E-state index is -0.301. The topological polar surface area (TPSA) is 62.0 Å². The van der Waals surface area contributed by atoms with Crippen LogP contribution in [0.25, 0.3) is 11.8 Å². The Morgan fingerprint density at radius 3 is 2.53 bits per heavy atom. The summed E-state index contributed by atoms with van der Waals surface area (Å²) in [6.45, 7) is 0. The van der Waals surface area contributed by atoms with Crippen LogP contribution in [0, 0.1) is 0 Å². The van der Waals surface area contributed by atoms with Crippen molar-refractivity contribution in [3.63, 3.8) is 0 Å². The van der Waals surface area contributed by atoms with Crippen molar-refractivity contribution in [3.05, 3.63) is 113 Å². The Balaban J connectivity index is 1.62. The minimum Gasteiger partial charge on any atom is -0.496 e. The lowest BCUT2D eigenvalue weighted by atomic mass is 9.83. The Morgan fingerprint density at radius 1 is 0.974 bits per heavy atom. The summed E-state index contributed by atoms with van der Waals surface area (Å²) in [4.78, 5) is 19.8. The molecule has 1 atom stereocenters. The summed E-state index contributed by atoms with van der Waals surface area (Å²) >= 11 is 4.95. The SMILES string of the molecule is COc1ccccc1[C@H]1C2=C(N=c3s/c(=C/c4cc(Br)c(OC)c(OC)c4)c(=O)n31)c1ccccc1CC2. The molecular formula is C30H25BrN2O4S. The first-order chi connectivity index (χ1) is 18.5. The van der Waals surface area contributed by atoms with Gasteiger partial charge in [0.25, 0.3) is 5.56 Å². The van der Waals surface area contributed by atoms with Gasteiger partial charge in [0.05, 0.1) is 42.1 Å². The van der Waals surface area contributed by atoms with Crippen molar-refractivity contribution in [3.8, 4) is 17.2 Å². The molecule has 0 saturated carbocycles. The molecule has 0 N–H and O–H groups in total. The van der Waals surface area contributed by atoms with E-state index in [0.717, 1.165) is 51.0 Å². The van der Waals surface area contributed by atoms with Gasteiger partial charge in [-0.3, -0.25) is 9.36 Å². The summed E-state index contributed by atoms with van der Waals surface area (Å²) in [5, 5.41) is 0. The van der Waals surface area contributed by atoms with Gasteiger partial charge in [0.2, 0.25) is 0 Å². The highest BCUT2D eigenvalue weighted by Crippen LogP contribution is 2.43. The van der Waals surface area contributed by atoms with Gasteiger partial charge in [-0.1, -0.05) is 53.8 Å². The van der Waals surface area contributed by atoms with E-state index in [2.05, 4.69) is 34.1 Å².